The third-order valence-electron chi connectivity index (χ3n) is 5.04. The van der Waals surface area contributed by atoms with E-state index in [1.54, 1.807) is 52.7 Å². The van der Waals surface area contributed by atoms with Crippen LogP contribution in [0.15, 0.2) is 66.7 Å². The Morgan fingerprint density at radius 2 is 1.32 bits per heavy atom. The second-order valence-electron chi connectivity index (χ2n) is 6.90. The molecule has 1 N–H and O–H groups in total. The summed E-state index contributed by atoms with van der Waals surface area (Å²) in [6.07, 6.45) is 0.258. The van der Waals surface area contributed by atoms with Gasteiger partial charge in [-0.25, -0.2) is 0 Å². The van der Waals surface area contributed by atoms with Crippen molar-refractivity contribution in [3.63, 3.8) is 0 Å². The van der Waals surface area contributed by atoms with Crippen molar-refractivity contribution in [3.8, 4) is 23.0 Å². The first-order valence-corrected chi connectivity index (χ1v) is 9.87. The number of rotatable bonds is 10. The van der Waals surface area contributed by atoms with E-state index in [1.807, 2.05) is 42.5 Å². The van der Waals surface area contributed by atoms with Crippen molar-refractivity contribution in [1.82, 2.24) is 0 Å². The summed E-state index contributed by atoms with van der Waals surface area (Å²) < 4.78 is 21.2. The predicted octanol–water partition coefficient (Wildman–Crippen LogP) is 5.15. The quantitative estimate of drug-likeness (QED) is 0.457. The predicted molar refractivity (Wildman–Crippen MR) is 121 cm³/mol. The molecule has 0 saturated carbocycles. The summed E-state index contributed by atoms with van der Waals surface area (Å²) in [6.45, 7) is 0. The van der Waals surface area contributed by atoms with E-state index in [0.717, 1.165) is 17.0 Å². The summed E-state index contributed by atoms with van der Waals surface area (Å²) in [4.78, 5) is 13.0. The third-order valence-corrected chi connectivity index (χ3v) is 5.04. The number of hydrogen-bond acceptors (Lipinski definition) is 6. The van der Waals surface area contributed by atoms with E-state index in [-0.39, 0.29) is 18.2 Å². The summed E-state index contributed by atoms with van der Waals surface area (Å²) in [6, 6.07) is 20.1. The van der Waals surface area contributed by atoms with Crippen molar-refractivity contribution in [2.75, 3.05) is 33.8 Å². The maximum atomic E-state index is 13.0. The van der Waals surface area contributed by atoms with Crippen molar-refractivity contribution >= 4 is 11.5 Å². The molecule has 3 aromatic carbocycles. The van der Waals surface area contributed by atoms with E-state index < -0.39 is 0 Å². The normalized spacial score (nSPS) is 11.4. The smallest absolute Gasteiger partial charge is 0.165 e. The van der Waals surface area contributed by atoms with Crippen LogP contribution in [-0.4, -0.2) is 34.2 Å². The summed E-state index contributed by atoms with van der Waals surface area (Å²) >= 11 is 0. The highest BCUT2D eigenvalue weighted by atomic mass is 16.5. The average molecular weight is 421 g/mol. The van der Waals surface area contributed by atoms with Crippen LogP contribution in [0, 0.1) is 0 Å². The van der Waals surface area contributed by atoms with Gasteiger partial charge < -0.3 is 24.3 Å². The SMILES string of the molecule is COc1ccc(NC(CC(=O)c2ccc(OC)cc2)c2ccc(OC)c(OC)c2)cc1. The van der Waals surface area contributed by atoms with E-state index in [0.29, 0.717) is 22.8 Å². The third kappa shape index (κ3) is 5.48. The second-order valence-corrected chi connectivity index (χ2v) is 6.90. The molecule has 0 aromatic heterocycles. The molecule has 0 spiro atoms. The Labute approximate surface area is 182 Å². The lowest BCUT2D eigenvalue weighted by molar-refractivity contribution is 0.0976. The molecule has 0 saturated heterocycles. The van der Waals surface area contributed by atoms with Crippen LogP contribution in [0.2, 0.25) is 0 Å². The van der Waals surface area contributed by atoms with Gasteiger partial charge in [0.2, 0.25) is 0 Å². The molecule has 0 radical (unpaired) electrons. The molecule has 6 nitrogen and oxygen atoms in total. The first-order valence-electron chi connectivity index (χ1n) is 9.87. The van der Waals surface area contributed by atoms with Crippen LogP contribution in [0.4, 0.5) is 5.69 Å². The lowest BCUT2D eigenvalue weighted by atomic mass is 9.97. The van der Waals surface area contributed by atoms with Gasteiger partial charge in [-0.1, -0.05) is 6.07 Å². The number of carbonyl (C=O) groups is 1. The van der Waals surface area contributed by atoms with Gasteiger partial charge >= 0.3 is 0 Å². The van der Waals surface area contributed by atoms with Gasteiger partial charge in [0, 0.05) is 17.7 Å². The van der Waals surface area contributed by atoms with Crippen molar-refractivity contribution in [1.29, 1.82) is 0 Å². The molecule has 3 rings (SSSR count). The molecule has 0 aliphatic rings. The Kier molecular flexibility index (Phi) is 7.38. The Bertz CT molecular complexity index is 999. The molecular formula is C25H27NO5. The number of hydrogen-bond donors (Lipinski definition) is 1. The topological polar surface area (TPSA) is 66.0 Å². The molecule has 162 valence electrons. The minimum absolute atomic E-state index is 0.0171. The van der Waals surface area contributed by atoms with E-state index in [1.165, 1.54) is 0 Å². The van der Waals surface area contributed by atoms with Gasteiger partial charge in [-0.3, -0.25) is 4.79 Å². The Morgan fingerprint density at radius 3 is 1.87 bits per heavy atom. The summed E-state index contributed by atoms with van der Waals surface area (Å²) in [5.41, 5.74) is 2.42. The molecular weight excluding hydrogens is 394 g/mol. The number of ketones is 1. The minimum Gasteiger partial charge on any atom is -0.497 e. The molecule has 0 amide bonds. The Morgan fingerprint density at radius 1 is 0.742 bits per heavy atom. The van der Waals surface area contributed by atoms with Gasteiger partial charge in [-0.05, 0) is 66.2 Å². The van der Waals surface area contributed by atoms with Gasteiger partial charge in [-0.2, -0.15) is 0 Å². The molecule has 0 fully saturated rings. The largest absolute Gasteiger partial charge is 0.497 e. The van der Waals surface area contributed by atoms with E-state index >= 15 is 0 Å². The fourth-order valence-corrected chi connectivity index (χ4v) is 3.29. The van der Waals surface area contributed by atoms with Gasteiger partial charge in [0.05, 0.1) is 34.5 Å². The van der Waals surface area contributed by atoms with Gasteiger partial charge in [0.1, 0.15) is 11.5 Å². The molecule has 0 aliphatic heterocycles. The molecule has 1 unspecified atom stereocenters. The highest BCUT2D eigenvalue weighted by molar-refractivity contribution is 5.96. The number of carbonyl (C=O) groups excluding carboxylic acids is 1. The van der Waals surface area contributed by atoms with Crippen LogP contribution >= 0.6 is 0 Å². The first kappa shape index (κ1) is 22.0. The van der Waals surface area contributed by atoms with Gasteiger partial charge in [-0.15, -0.1) is 0 Å². The Balaban J connectivity index is 1.89. The highest BCUT2D eigenvalue weighted by Crippen LogP contribution is 2.33. The number of Topliss-reactive ketones (excluding diaryl/α,β-unsaturated/α-hetero) is 1. The number of ether oxygens (including phenoxy) is 4. The number of benzene rings is 3. The molecule has 1 atom stereocenters. The molecule has 31 heavy (non-hydrogen) atoms. The summed E-state index contributed by atoms with van der Waals surface area (Å²) in [5.74, 6) is 2.74. The van der Waals surface area contributed by atoms with E-state index in [2.05, 4.69) is 5.32 Å². The van der Waals surface area contributed by atoms with Gasteiger partial charge in [0.25, 0.3) is 0 Å². The van der Waals surface area contributed by atoms with E-state index in [4.69, 9.17) is 18.9 Å². The van der Waals surface area contributed by atoms with E-state index in [9.17, 15) is 4.79 Å². The van der Waals surface area contributed by atoms with Crippen molar-refractivity contribution in [3.05, 3.63) is 77.9 Å². The monoisotopic (exact) mass is 421 g/mol. The molecule has 0 aliphatic carbocycles. The van der Waals surface area contributed by atoms with Crippen LogP contribution < -0.4 is 24.3 Å². The maximum Gasteiger partial charge on any atom is 0.165 e. The number of nitrogens with one attached hydrogen (secondary N) is 1. The summed E-state index contributed by atoms with van der Waals surface area (Å²) in [7, 11) is 6.42. The summed E-state index contributed by atoms with van der Waals surface area (Å²) in [5, 5.41) is 3.46. The number of anilines is 1. The van der Waals surface area contributed by atoms with Crippen molar-refractivity contribution in [2.24, 2.45) is 0 Å². The van der Waals surface area contributed by atoms with Crippen LogP contribution in [0.25, 0.3) is 0 Å². The first-order chi connectivity index (χ1) is 15.1. The van der Waals surface area contributed by atoms with Crippen LogP contribution in [0.1, 0.15) is 28.4 Å². The van der Waals surface area contributed by atoms with Gasteiger partial charge in [0.15, 0.2) is 17.3 Å². The maximum absolute atomic E-state index is 13.0. The lowest BCUT2D eigenvalue weighted by Gasteiger charge is -2.21. The number of methoxy groups -OCH3 is 4. The Hall–Kier alpha value is -3.67. The molecule has 0 bridgehead atoms. The molecule has 6 heteroatoms. The molecule has 0 heterocycles. The van der Waals surface area contributed by atoms with Crippen molar-refractivity contribution in [2.45, 2.75) is 12.5 Å². The highest BCUT2D eigenvalue weighted by Gasteiger charge is 2.19. The second kappa shape index (κ2) is 10.4. The molecule has 3 aromatic rings. The lowest BCUT2D eigenvalue weighted by Crippen LogP contribution is -2.16. The standard InChI is InChI=1S/C25H27NO5/c1-28-20-10-5-17(6-11-20)23(27)16-22(26-19-8-12-21(29-2)13-9-19)18-7-14-24(30-3)25(15-18)31-4/h5-15,22,26H,16H2,1-4H3. The van der Waals surface area contributed by atoms with Crippen LogP contribution in [0.5, 0.6) is 23.0 Å². The van der Waals surface area contributed by atoms with Crippen LogP contribution in [0.3, 0.4) is 0 Å². The fourth-order valence-electron chi connectivity index (χ4n) is 3.29. The van der Waals surface area contributed by atoms with Crippen molar-refractivity contribution < 1.29 is 23.7 Å². The van der Waals surface area contributed by atoms with Crippen LogP contribution in [-0.2, 0) is 0 Å². The fraction of sp³-hybridized carbons (Fsp3) is 0.240. The zero-order chi connectivity index (χ0) is 22.2. The minimum atomic E-state index is -0.275. The zero-order valence-corrected chi connectivity index (χ0v) is 18.2. The average Bonchev–Trinajstić information content (AvgIpc) is 2.83. The zero-order valence-electron chi connectivity index (χ0n) is 18.2.